The predicted octanol–water partition coefficient (Wildman–Crippen LogP) is 2.69. The molecule has 0 bridgehead atoms. The molecule has 2 aliphatic rings. The van der Waals surface area contributed by atoms with Gasteiger partial charge in [-0.05, 0) is 63.4 Å². The summed E-state index contributed by atoms with van der Waals surface area (Å²) in [5, 5.41) is 0.310. The highest BCUT2D eigenvalue weighted by Crippen LogP contribution is 2.35. The maximum Gasteiger partial charge on any atom is 0.244 e. The van der Waals surface area contributed by atoms with Gasteiger partial charge >= 0.3 is 0 Å². The van der Waals surface area contributed by atoms with Gasteiger partial charge in [0.15, 0.2) is 0 Å². The maximum atomic E-state index is 12.8. The van der Waals surface area contributed by atoms with E-state index in [9.17, 15) is 8.42 Å². The van der Waals surface area contributed by atoms with Gasteiger partial charge in [-0.2, -0.15) is 4.31 Å². The molecule has 2 aliphatic heterocycles. The van der Waals surface area contributed by atoms with Gasteiger partial charge in [0, 0.05) is 13.1 Å². The lowest BCUT2D eigenvalue weighted by Gasteiger charge is -2.32. The SMILES string of the molecule is CN1CCC(C2CCN(S(=O)(=O)c3ccccc3Cl)C2)CC1. The summed E-state index contributed by atoms with van der Waals surface area (Å²) in [5.41, 5.74) is 0. The third-order valence-electron chi connectivity index (χ3n) is 5.07. The minimum atomic E-state index is -3.46. The first kappa shape index (κ1) is 16.2. The van der Waals surface area contributed by atoms with Gasteiger partial charge in [-0.15, -0.1) is 0 Å². The zero-order valence-electron chi connectivity index (χ0n) is 12.9. The Labute approximate surface area is 138 Å². The number of sulfonamides is 1. The number of benzene rings is 1. The second-order valence-corrected chi connectivity index (χ2v) is 8.80. The van der Waals surface area contributed by atoms with E-state index < -0.39 is 10.0 Å². The zero-order valence-corrected chi connectivity index (χ0v) is 14.5. The molecule has 0 amide bonds. The van der Waals surface area contributed by atoms with Crippen LogP contribution in [-0.2, 0) is 10.0 Å². The topological polar surface area (TPSA) is 40.6 Å². The molecule has 4 nitrogen and oxygen atoms in total. The molecule has 1 unspecified atom stereocenters. The number of hydrogen-bond donors (Lipinski definition) is 0. The normalized spacial score (nSPS) is 25.6. The molecule has 2 saturated heterocycles. The minimum absolute atomic E-state index is 0.237. The lowest BCUT2D eigenvalue weighted by molar-refractivity contribution is 0.175. The third-order valence-corrected chi connectivity index (χ3v) is 7.44. The number of hydrogen-bond acceptors (Lipinski definition) is 3. The fraction of sp³-hybridized carbons (Fsp3) is 0.625. The Morgan fingerprint density at radius 1 is 1.05 bits per heavy atom. The van der Waals surface area contributed by atoms with Crippen LogP contribution >= 0.6 is 11.6 Å². The Bertz CT molecular complexity index is 627. The highest BCUT2D eigenvalue weighted by atomic mass is 35.5. The number of halogens is 1. The number of likely N-dealkylation sites (tertiary alicyclic amines) is 1. The van der Waals surface area contributed by atoms with Crippen molar-refractivity contribution in [2.24, 2.45) is 11.8 Å². The van der Waals surface area contributed by atoms with Crippen molar-refractivity contribution in [3.63, 3.8) is 0 Å². The van der Waals surface area contributed by atoms with Crippen molar-refractivity contribution < 1.29 is 8.42 Å². The molecular weight excluding hydrogens is 320 g/mol. The largest absolute Gasteiger partial charge is 0.306 e. The van der Waals surface area contributed by atoms with E-state index in [2.05, 4.69) is 11.9 Å². The van der Waals surface area contributed by atoms with Crippen LogP contribution in [0, 0.1) is 11.8 Å². The van der Waals surface area contributed by atoms with Crippen LogP contribution in [0.3, 0.4) is 0 Å². The van der Waals surface area contributed by atoms with E-state index >= 15 is 0 Å². The molecule has 122 valence electrons. The number of piperidine rings is 1. The lowest BCUT2D eigenvalue weighted by atomic mass is 9.84. The second-order valence-electron chi connectivity index (χ2n) is 6.48. The zero-order chi connectivity index (χ0) is 15.7. The first-order chi connectivity index (χ1) is 10.5. The van der Waals surface area contributed by atoms with Gasteiger partial charge in [0.1, 0.15) is 4.90 Å². The third kappa shape index (κ3) is 3.18. The molecule has 0 spiro atoms. The monoisotopic (exact) mass is 342 g/mol. The fourth-order valence-corrected chi connectivity index (χ4v) is 5.65. The van der Waals surface area contributed by atoms with Crippen LogP contribution in [0.25, 0.3) is 0 Å². The quantitative estimate of drug-likeness (QED) is 0.848. The predicted molar refractivity (Wildman–Crippen MR) is 88.5 cm³/mol. The Balaban J connectivity index is 1.71. The van der Waals surface area contributed by atoms with Gasteiger partial charge in [0.25, 0.3) is 0 Å². The molecule has 0 aliphatic carbocycles. The van der Waals surface area contributed by atoms with E-state index in [-0.39, 0.29) is 4.90 Å². The summed E-state index contributed by atoms with van der Waals surface area (Å²) >= 11 is 6.08. The Morgan fingerprint density at radius 3 is 2.36 bits per heavy atom. The minimum Gasteiger partial charge on any atom is -0.306 e. The van der Waals surface area contributed by atoms with Gasteiger partial charge in [0.2, 0.25) is 10.0 Å². The molecule has 6 heteroatoms. The van der Waals surface area contributed by atoms with Crippen LogP contribution in [0.4, 0.5) is 0 Å². The number of rotatable bonds is 3. The summed E-state index contributed by atoms with van der Waals surface area (Å²) in [4.78, 5) is 2.59. The van der Waals surface area contributed by atoms with Crippen LogP contribution in [-0.4, -0.2) is 50.8 Å². The smallest absolute Gasteiger partial charge is 0.244 e. The van der Waals surface area contributed by atoms with Gasteiger partial charge in [0.05, 0.1) is 5.02 Å². The van der Waals surface area contributed by atoms with E-state index in [0.29, 0.717) is 29.9 Å². The van der Waals surface area contributed by atoms with E-state index in [0.717, 1.165) is 19.5 Å². The molecule has 3 rings (SSSR count). The standard InChI is InChI=1S/C16H23ClN2O2S/c1-18-9-6-13(7-10-18)14-8-11-19(12-14)22(20,21)16-5-3-2-4-15(16)17/h2-5,13-14H,6-12H2,1H3. The Morgan fingerprint density at radius 2 is 1.68 bits per heavy atom. The Hall–Kier alpha value is -0.620. The molecule has 0 radical (unpaired) electrons. The van der Waals surface area contributed by atoms with Crippen molar-refractivity contribution >= 4 is 21.6 Å². The van der Waals surface area contributed by atoms with Gasteiger partial charge < -0.3 is 4.90 Å². The molecule has 22 heavy (non-hydrogen) atoms. The lowest BCUT2D eigenvalue weighted by Crippen LogP contribution is -2.35. The summed E-state index contributed by atoms with van der Waals surface area (Å²) in [6.07, 6.45) is 3.33. The molecule has 2 heterocycles. The number of nitrogens with zero attached hydrogens (tertiary/aromatic N) is 2. The van der Waals surface area contributed by atoms with Crippen molar-refractivity contribution in [1.82, 2.24) is 9.21 Å². The molecule has 2 fully saturated rings. The molecule has 0 saturated carbocycles. The fourth-order valence-electron chi connectivity index (χ4n) is 3.65. The summed E-state index contributed by atoms with van der Waals surface area (Å²) < 4.78 is 27.2. The van der Waals surface area contributed by atoms with Gasteiger partial charge in [-0.3, -0.25) is 0 Å². The van der Waals surface area contributed by atoms with Gasteiger partial charge in [-0.1, -0.05) is 23.7 Å². The molecule has 1 atom stereocenters. The van der Waals surface area contributed by atoms with Crippen LogP contribution in [0.5, 0.6) is 0 Å². The second kappa shape index (κ2) is 6.48. The van der Waals surface area contributed by atoms with Crippen LogP contribution < -0.4 is 0 Å². The molecular formula is C16H23ClN2O2S. The summed E-state index contributed by atoms with van der Waals surface area (Å²) in [6, 6.07) is 6.72. The molecule has 1 aromatic carbocycles. The van der Waals surface area contributed by atoms with Crippen molar-refractivity contribution in [2.75, 3.05) is 33.2 Å². The van der Waals surface area contributed by atoms with E-state index in [1.165, 1.54) is 12.8 Å². The van der Waals surface area contributed by atoms with Crippen molar-refractivity contribution in [3.05, 3.63) is 29.3 Å². The van der Waals surface area contributed by atoms with Gasteiger partial charge in [-0.25, -0.2) is 8.42 Å². The van der Waals surface area contributed by atoms with Crippen molar-refractivity contribution in [3.8, 4) is 0 Å². The summed E-state index contributed by atoms with van der Waals surface area (Å²) in [6.45, 7) is 3.50. The highest BCUT2D eigenvalue weighted by molar-refractivity contribution is 7.89. The van der Waals surface area contributed by atoms with E-state index in [1.54, 1.807) is 28.6 Å². The summed E-state index contributed by atoms with van der Waals surface area (Å²) in [5.74, 6) is 1.15. The first-order valence-corrected chi connectivity index (χ1v) is 9.73. The molecule has 0 N–H and O–H groups in total. The van der Waals surface area contributed by atoms with Crippen LogP contribution in [0.15, 0.2) is 29.2 Å². The van der Waals surface area contributed by atoms with Crippen molar-refractivity contribution in [2.45, 2.75) is 24.2 Å². The van der Waals surface area contributed by atoms with E-state index in [1.807, 2.05) is 0 Å². The average molecular weight is 343 g/mol. The van der Waals surface area contributed by atoms with E-state index in [4.69, 9.17) is 11.6 Å². The average Bonchev–Trinajstić information content (AvgIpc) is 2.99. The Kier molecular flexibility index (Phi) is 4.78. The van der Waals surface area contributed by atoms with Crippen LogP contribution in [0.2, 0.25) is 5.02 Å². The van der Waals surface area contributed by atoms with Crippen molar-refractivity contribution in [1.29, 1.82) is 0 Å². The highest BCUT2D eigenvalue weighted by Gasteiger charge is 2.37. The maximum absolute atomic E-state index is 12.8. The molecule has 0 aromatic heterocycles. The molecule has 1 aromatic rings. The summed E-state index contributed by atoms with van der Waals surface area (Å²) in [7, 11) is -1.31. The first-order valence-electron chi connectivity index (χ1n) is 7.91. The van der Waals surface area contributed by atoms with Crippen LogP contribution in [0.1, 0.15) is 19.3 Å².